The molecule has 0 spiro atoms. The highest BCUT2D eigenvalue weighted by Gasteiger charge is 2.19. The first kappa shape index (κ1) is 22.0. The molecule has 0 unspecified atom stereocenters. The molecule has 2 aromatic carbocycles. The topological polar surface area (TPSA) is 93.4 Å². The zero-order valence-corrected chi connectivity index (χ0v) is 19.5. The van der Waals surface area contributed by atoms with Gasteiger partial charge < -0.3 is 5.32 Å². The molecular formula is C23H22N4O3S2. The summed E-state index contributed by atoms with van der Waals surface area (Å²) >= 11 is 1.25. The number of nitrogens with one attached hydrogen (secondary N) is 1. The largest absolute Gasteiger partial charge is 0.324 e. The minimum atomic E-state index is -3.46. The lowest BCUT2D eigenvalue weighted by Crippen LogP contribution is -2.16. The zero-order valence-electron chi connectivity index (χ0n) is 17.9. The standard InChI is InChI=1S/C23H22N4O3S2/c1-15-13-16(2)26-27-22(15)21(17-9-5-4-6-10-17)25-23(27)31-14-20(28)24-18-11-7-8-12-19(18)32(3,29)30/h4-13H,14H2,1-3H3,(H,24,28). The normalized spacial score (nSPS) is 11.6. The highest BCUT2D eigenvalue weighted by Crippen LogP contribution is 2.31. The van der Waals surface area contributed by atoms with Crippen molar-refractivity contribution in [1.82, 2.24) is 14.6 Å². The zero-order chi connectivity index (χ0) is 22.9. The Labute approximate surface area is 190 Å². The van der Waals surface area contributed by atoms with Crippen molar-refractivity contribution in [3.05, 3.63) is 71.9 Å². The number of carbonyl (C=O) groups is 1. The van der Waals surface area contributed by atoms with Gasteiger partial charge in [0.25, 0.3) is 0 Å². The van der Waals surface area contributed by atoms with Crippen LogP contribution in [-0.2, 0) is 14.6 Å². The summed E-state index contributed by atoms with van der Waals surface area (Å²) in [6.45, 7) is 3.93. The summed E-state index contributed by atoms with van der Waals surface area (Å²) in [5, 5.41) is 7.91. The second-order valence-corrected chi connectivity index (χ2v) is 10.4. The van der Waals surface area contributed by atoms with E-state index < -0.39 is 9.84 Å². The molecule has 9 heteroatoms. The molecule has 164 valence electrons. The average Bonchev–Trinajstić information content (AvgIpc) is 3.11. The second-order valence-electron chi connectivity index (χ2n) is 7.44. The fourth-order valence-corrected chi connectivity index (χ4v) is 5.09. The number of thioether (sulfide) groups is 1. The number of para-hydroxylation sites is 1. The van der Waals surface area contributed by atoms with Gasteiger partial charge in [-0.05, 0) is 37.6 Å². The van der Waals surface area contributed by atoms with Crippen molar-refractivity contribution >= 4 is 38.7 Å². The molecule has 0 fully saturated rings. The summed E-state index contributed by atoms with van der Waals surface area (Å²) in [7, 11) is -3.46. The van der Waals surface area contributed by atoms with Gasteiger partial charge in [-0.2, -0.15) is 5.10 Å². The lowest BCUT2D eigenvalue weighted by Gasteiger charge is -2.09. The first-order valence-electron chi connectivity index (χ1n) is 9.88. The number of fused-ring (bicyclic) bond motifs is 1. The van der Waals surface area contributed by atoms with Gasteiger partial charge in [0.2, 0.25) is 5.91 Å². The number of anilines is 1. The fourth-order valence-electron chi connectivity index (χ4n) is 3.51. The molecule has 0 aliphatic rings. The van der Waals surface area contributed by atoms with Crippen LogP contribution in [0.15, 0.2) is 70.7 Å². The van der Waals surface area contributed by atoms with Crippen LogP contribution in [0.4, 0.5) is 5.69 Å². The fraction of sp³-hybridized carbons (Fsp3) is 0.174. The van der Waals surface area contributed by atoms with Crippen LogP contribution < -0.4 is 5.32 Å². The van der Waals surface area contributed by atoms with Crippen LogP contribution >= 0.6 is 11.8 Å². The van der Waals surface area contributed by atoms with Crippen molar-refractivity contribution in [1.29, 1.82) is 0 Å². The van der Waals surface area contributed by atoms with E-state index in [4.69, 9.17) is 4.98 Å². The van der Waals surface area contributed by atoms with Gasteiger partial charge in [0.1, 0.15) is 0 Å². The number of aryl methyl sites for hydroxylation is 2. The van der Waals surface area contributed by atoms with Crippen molar-refractivity contribution in [2.75, 3.05) is 17.3 Å². The van der Waals surface area contributed by atoms with E-state index in [0.29, 0.717) is 5.16 Å². The first-order chi connectivity index (χ1) is 15.2. The van der Waals surface area contributed by atoms with Gasteiger partial charge in [-0.1, -0.05) is 54.2 Å². The number of amides is 1. The third kappa shape index (κ3) is 4.53. The number of sulfone groups is 1. The molecular weight excluding hydrogens is 444 g/mol. The summed E-state index contributed by atoms with van der Waals surface area (Å²) in [6.07, 6.45) is 1.12. The Balaban J connectivity index is 1.63. The molecule has 4 aromatic rings. The molecule has 1 N–H and O–H groups in total. The van der Waals surface area contributed by atoms with E-state index >= 15 is 0 Å². The van der Waals surface area contributed by atoms with Crippen molar-refractivity contribution in [3.63, 3.8) is 0 Å². The average molecular weight is 467 g/mol. The highest BCUT2D eigenvalue weighted by molar-refractivity contribution is 7.99. The molecule has 2 heterocycles. The summed E-state index contributed by atoms with van der Waals surface area (Å²) in [5.74, 6) is -0.270. The number of aromatic nitrogens is 3. The van der Waals surface area contributed by atoms with E-state index in [1.54, 1.807) is 22.7 Å². The van der Waals surface area contributed by atoms with Crippen LogP contribution in [0.3, 0.4) is 0 Å². The van der Waals surface area contributed by atoms with E-state index in [1.165, 1.54) is 17.8 Å². The Bertz CT molecular complexity index is 1410. The van der Waals surface area contributed by atoms with Crippen LogP contribution in [-0.4, -0.2) is 40.9 Å². The van der Waals surface area contributed by atoms with Gasteiger partial charge in [0.05, 0.1) is 33.2 Å². The molecule has 32 heavy (non-hydrogen) atoms. The molecule has 0 atom stereocenters. The predicted molar refractivity (Wildman–Crippen MR) is 127 cm³/mol. The van der Waals surface area contributed by atoms with Crippen LogP contribution in [0.2, 0.25) is 0 Å². The molecule has 0 aliphatic heterocycles. The summed E-state index contributed by atoms with van der Waals surface area (Å²) in [4.78, 5) is 17.5. The quantitative estimate of drug-likeness (QED) is 0.429. The van der Waals surface area contributed by atoms with Crippen LogP contribution in [0.25, 0.3) is 16.8 Å². The number of hydrogen-bond acceptors (Lipinski definition) is 6. The third-order valence-corrected chi connectivity index (χ3v) is 6.91. The highest BCUT2D eigenvalue weighted by atomic mass is 32.2. The molecule has 7 nitrogen and oxygen atoms in total. The van der Waals surface area contributed by atoms with Gasteiger partial charge in [0.15, 0.2) is 15.0 Å². The Morgan fingerprint density at radius 2 is 1.75 bits per heavy atom. The smallest absolute Gasteiger partial charge is 0.234 e. The lowest BCUT2D eigenvalue weighted by atomic mass is 10.1. The van der Waals surface area contributed by atoms with Crippen molar-refractivity contribution in [2.24, 2.45) is 0 Å². The van der Waals surface area contributed by atoms with E-state index in [0.717, 1.165) is 34.3 Å². The summed E-state index contributed by atoms with van der Waals surface area (Å²) in [5.41, 5.74) is 4.83. The van der Waals surface area contributed by atoms with Gasteiger partial charge in [-0.3, -0.25) is 4.79 Å². The Hall–Kier alpha value is -3.17. The predicted octanol–water partition coefficient (Wildman–Crippen LogP) is 4.15. The molecule has 0 aliphatic carbocycles. The maximum atomic E-state index is 12.6. The van der Waals surface area contributed by atoms with Gasteiger partial charge in [-0.25, -0.2) is 17.9 Å². The van der Waals surface area contributed by atoms with E-state index in [1.807, 2.05) is 50.2 Å². The third-order valence-electron chi connectivity index (χ3n) is 4.82. The van der Waals surface area contributed by atoms with Crippen LogP contribution in [0, 0.1) is 13.8 Å². The Kier molecular flexibility index (Phi) is 6.03. The number of carbonyl (C=O) groups excluding carboxylic acids is 1. The van der Waals surface area contributed by atoms with Crippen molar-refractivity contribution < 1.29 is 13.2 Å². The lowest BCUT2D eigenvalue weighted by molar-refractivity contribution is -0.113. The maximum Gasteiger partial charge on any atom is 0.234 e. The van der Waals surface area contributed by atoms with Gasteiger partial charge >= 0.3 is 0 Å². The number of hydrogen-bond donors (Lipinski definition) is 1. The van der Waals surface area contributed by atoms with Gasteiger partial charge in [0, 0.05) is 11.8 Å². The van der Waals surface area contributed by atoms with Crippen LogP contribution in [0.5, 0.6) is 0 Å². The SMILES string of the molecule is Cc1cc(C)c2c(-c3ccccc3)nc(SCC(=O)Nc3ccccc3S(C)(=O)=O)n2n1. The molecule has 1 amide bonds. The summed E-state index contributed by atoms with van der Waals surface area (Å²) in [6, 6.07) is 18.2. The molecule has 0 saturated carbocycles. The molecule has 2 aromatic heterocycles. The number of rotatable bonds is 6. The minimum absolute atomic E-state index is 0.0557. The second kappa shape index (κ2) is 8.76. The first-order valence-corrected chi connectivity index (χ1v) is 12.8. The maximum absolute atomic E-state index is 12.6. The summed E-state index contributed by atoms with van der Waals surface area (Å²) < 4.78 is 25.7. The van der Waals surface area contributed by atoms with Crippen molar-refractivity contribution in [3.8, 4) is 11.3 Å². The molecule has 0 bridgehead atoms. The Morgan fingerprint density at radius 3 is 2.47 bits per heavy atom. The van der Waals surface area contributed by atoms with E-state index in [2.05, 4.69) is 10.4 Å². The number of nitrogens with zero attached hydrogens (tertiary/aromatic N) is 3. The van der Waals surface area contributed by atoms with E-state index in [9.17, 15) is 13.2 Å². The number of imidazole rings is 1. The molecule has 0 radical (unpaired) electrons. The molecule has 4 rings (SSSR count). The Morgan fingerprint density at radius 1 is 1.06 bits per heavy atom. The van der Waals surface area contributed by atoms with Crippen molar-refractivity contribution in [2.45, 2.75) is 23.9 Å². The monoisotopic (exact) mass is 466 g/mol. The van der Waals surface area contributed by atoms with Gasteiger partial charge in [-0.15, -0.1) is 0 Å². The van der Waals surface area contributed by atoms with Crippen LogP contribution in [0.1, 0.15) is 11.3 Å². The molecule has 0 saturated heterocycles. The number of benzene rings is 2. The minimum Gasteiger partial charge on any atom is -0.324 e. The van der Waals surface area contributed by atoms with E-state index in [-0.39, 0.29) is 22.2 Å².